The number of tetrazole rings is 1. The van der Waals surface area contributed by atoms with Crippen LogP contribution in [0.2, 0.25) is 0 Å². The van der Waals surface area contributed by atoms with E-state index in [0.29, 0.717) is 5.82 Å². The van der Waals surface area contributed by atoms with Gasteiger partial charge in [0.2, 0.25) is 0 Å². The molecule has 1 aromatic rings. The fourth-order valence-corrected chi connectivity index (χ4v) is 0.370. The van der Waals surface area contributed by atoms with Crippen molar-refractivity contribution in [3.05, 3.63) is 5.82 Å². The van der Waals surface area contributed by atoms with Crippen LogP contribution in [0, 0.1) is 6.92 Å². The van der Waals surface area contributed by atoms with Gasteiger partial charge in [-0.3, -0.25) is 4.99 Å². The standard InChI is InChI=1S/C5H11N.C2H4N4/c1-4-5(2)6-3;1-2-3-5-6-4-2/h4H2,1-3H3;1H3,(H,3,4,5,6). The summed E-state index contributed by atoms with van der Waals surface area (Å²) in [6.45, 7) is 5.89. The number of aromatic nitrogens is 4. The number of hydrogen-bond acceptors (Lipinski definition) is 4. The Morgan fingerprint density at radius 2 is 2.25 bits per heavy atom. The molecular formula is C7H15N5. The average Bonchev–Trinajstić information content (AvgIpc) is 2.55. The van der Waals surface area contributed by atoms with Crippen LogP contribution >= 0.6 is 0 Å². The molecular weight excluding hydrogens is 154 g/mol. The molecule has 0 atom stereocenters. The first-order valence-electron chi connectivity index (χ1n) is 3.83. The number of aromatic amines is 1. The molecule has 0 radical (unpaired) electrons. The van der Waals surface area contributed by atoms with Crippen LogP contribution in [0.3, 0.4) is 0 Å². The van der Waals surface area contributed by atoms with Crippen LogP contribution in [-0.2, 0) is 0 Å². The number of aryl methyl sites for hydroxylation is 1. The minimum absolute atomic E-state index is 0.676. The van der Waals surface area contributed by atoms with E-state index in [9.17, 15) is 0 Å². The van der Waals surface area contributed by atoms with Crippen molar-refractivity contribution in [2.45, 2.75) is 27.2 Å². The van der Waals surface area contributed by atoms with Gasteiger partial charge >= 0.3 is 0 Å². The fraction of sp³-hybridized carbons (Fsp3) is 0.714. The summed E-state index contributed by atoms with van der Waals surface area (Å²) in [5.41, 5.74) is 1.22. The number of nitrogens with one attached hydrogen (secondary N) is 1. The predicted molar refractivity (Wildman–Crippen MR) is 48.2 cm³/mol. The molecule has 0 aliphatic carbocycles. The Morgan fingerprint density at radius 3 is 2.33 bits per heavy atom. The van der Waals surface area contributed by atoms with Gasteiger partial charge in [-0.2, -0.15) is 5.21 Å². The summed E-state index contributed by atoms with van der Waals surface area (Å²) in [7, 11) is 1.82. The molecule has 1 aromatic heterocycles. The van der Waals surface area contributed by atoms with Crippen LogP contribution in [0.4, 0.5) is 0 Å². The minimum atomic E-state index is 0.676. The van der Waals surface area contributed by atoms with E-state index in [-0.39, 0.29) is 0 Å². The smallest absolute Gasteiger partial charge is 0.171 e. The second kappa shape index (κ2) is 6.45. The van der Waals surface area contributed by atoms with Gasteiger partial charge in [0, 0.05) is 12.8 Å². The SMILES string of the molecule is CCC(C)=NC.Cc1nn[nH]n1. The summed E-state index contributed by atoms with van der Waals surface area (Å²) in [4.78, 5) is 3.92. The largest absolute Gasteiger partial charge is 0.298 e. The molecule has 0 saturated carbocycles. The summed E-state index contributed by atoms with van der Waals surface area (Å²) in [6.07, 6.45) is 1.08. The maximum absolute atomic E-state index is 3.92. The Hall–Kier alpha value is -1.26. The third-order valence-corrected chi connectivity index (χ3v) is 1.34. The lowest BCUT2D eigenvalue weighted by molar-refractivity contribution is 0.881. The molecule has 1 N–H and O–H groups in total. The summed E-state index contributed by atoms with van der Waals surface area (Å²) >= 11 is 0. The molecule has 0 bridgehead atoms. The van der Waals surface area contributed by atoms with Gasteiger partial charge in [0.1, 0.15) is 0 Å². The Bertz CT molecular complexity index is 214. The number of hydrogen-bond donors (Lipinski definition) is 1. The fourth-order valence-electron chi connectivity index (χ4n) is 0.370. The highest BCUT2D eigenvalue weighted by molar-refractivity contribution is 5.81. The second-order valence-corrected chi connectivity index (χ2v) is 2.27. The van der Waals surface area contributed by atoms with Gasteiger partial charge in [0.15, 0.2) is 5.82 Å². The molecule has 0 amide bonds. The van der Waals surface area contributed by atoms with Crippen molar-refractivity contribution in [3.8, 4) is 0 Å². The van der Waals surface area contributed by atoms with E-state index in [1.165, 1.54) is 5.71 Å². The van der Waals surface area contributed by atoms with Crippen LogP contribution in [0.15, 0.2) is 4.99 Å². The van der Waals surface area contributed by atoms with Gasteiger partial charge < -0.3 is 0 Å². The lowest BCUT2D eigenvalue weighted by Crippen LogP contribution is -1.83. The molecule has 5 nitrogen and oxygen atoms in total. The molecule has 1 rings (SSSR count). The molecule has 12 heavy (non-hydrogen) atoms. The van der Waals surface area contributed by atoms with Crippen molar-refractivity contribution in [1.29, 1.82) is 0 Å². The summed E-state index contributed by atoms with van der Waals surface area (Å²) in [6, 6.07) is 0. The zero-order chi connectivity index (χ0) is 9.40. The maximum atomic E-state index is 3.92. The number of nitrogens with zero attached hydrogens (tertiary/aromatic N) is 4. The molecule has 0 saturated heterocycles. The summed E-state index contributed by atoms with van der Waals surface area (Å²) < 4.78 is 0. The summed E-state index contributed by atoms with van der Waals surface area (Å²) in [5, 5.41) is 12.7. The third-order valence-electron chi connectivity index (χ3n) is 1.34. The van der Waals surface area contributed by atoms with Gasteiger partial charge in [-0.05, 0) is 20.3 Å². The monoisotopic (exact) mass is 169 g/mol. The third kappa shape index (κ3) is 5.52. The molecule has 0 aliphatic rings. The van der Waals surface area contributed by atoms with Crippen LogP contribution in [0.25, 0.3) is 0 Å². The second-order valence-electron chi connectivity index (χ2n) is 2.27. The van der Waals surface area contributed by atoms with Crippen molar-refractivity contribution < 1.29 is 0 Å². The first kappa shape index (κ1) is 10.7. The Balaban J connectivity index is 0.000000202. The van der Waals surface area contributed by atoms with Gasteiger partial charge in [-0.25, -0.2) is 0 Å². The van der Waals surface area contributed by atoms with E-state index in [0.717, 1.165) is 6.42 Å². The van der Waals surface area contributed by atoms with E-state index in [4.69, 9.17) is 0 Å². The highest BCUT2D eigenvalue weighted by Gasteiger charge is 1.78. The number of rotatable bonds is 1. The van der Waals surface area contributed by atoms with E-state index >= 15 is 0 Å². The van der Waals surface area contributed by atoms with Crippen LogP contribution in [0.1, 0.15) is 26.1 Å². The topological polar surface area (TPSA) is 66.8 Å². The van der Waals surface area contributed by atoms with Gasteiger partial charge in [0.05, 0.1) is 0 Å². The van der Waals surface area contributed by atoms with E-state index in [1.54, 1.807) is 6.92 Å². The zero-order valence-corrected chi connectivity index (χ0v) is 8.00. The molecule has 0 spiro atoms. The molecule has 5 heteroatoms. The lowest BCUT2D eigenvalue weighted by Gasteiger charge is -1.84. The molecule has 0 aliphatic heterocycles. The Labute approximate surface area is 72.3 Å². The van der Waals surface area contributed by atoms with Crippen LogP contribution in [-0.4, -0.2) is 33.4 Å². The Morgan fingerprint density at radius 1 is 1.58 bits per heavy atom. The van der Waals surface area contributed by atoms with E-state index in [1.807, 2.05) is 14.0 Å². The van der Waals surface area contributed by atoms with Gasteiger partial charge in [-0.1, -0.05) is 12.1 Å². The number of aliphatic imine (C=N–C) groups is 1. The highest BCUT2D eigenvalue weighted by Crippen LogP contribution is 1.78. The zero-order valence-electron chi connectivity index (χ0n) is 8.00. The Kier molecular flexibility index (Phi) is 5.77. The maximum Gasteiger partial charge on any atom is 0.171 e. The molecule has 0 unspecified atom stereocenters. The van der Waals surface area contributed by atoms with Crippen molar-refractivity contribution in [3.63, 3.8) is 0 Å². The first-order chi connectivity index (χ1) is 5.70. The molecule has 1 heterocycles. The average molecular weight is 169 g/mol. The molecule has 68 valence electrons. The van der Waals surface area contributed by atoms with Crippen molar-refractivity contribution >= 4 is 5.71 Å². The summed E-state index contributed by atoms with van der Waals surface area (Å²) in [5.74, 6) is 0.676. The quantitative estimate of drug-likeness (QED) is 0.637. The van der Waals surface area contributed by atoms with Crippen molar-refractivity contribution in [1.82, 2.24) is 20.6 Å². The lowest BCUT2D eigenvalue weighted by atomic mass is 10.3. The predicted octanol–water partition coefficient (Wildman–Crippen LogP) is 0.995. The normalized spacial score (nSPS) is 10.5. The molecule has 0 aromatic carbocycles. The minimum Gasteiger partial charge on any atom is -0.298 e. The van der Waals surface area contributed by atoms with E-state index < -0.39 is 0 Å². The van der Waals surface area contributed by atoms with Crippen LogP contribution in [0.5, 0.6) is 0 Å². The first-order valence-corrected chi connectivity index (χ1v) is 3.83. The number of H-pyrrole nitrogens is 1. The van der Waals surface area contributed by atoms with Crippen LogP contribution < -0.4 is 0 Å². The van der Waals surface area contributed by atoms with E-state index in [2.05, 4.69) is 32.5 Å². The van der Waals surface area contributed by atoms with Gasteiger partial charge in [0.25, 0.3) is 0 Å². The highest BCUT2D eigenvalue weighted by atomic mass is 15.5. The van der Waals surface area contributed by atoms with Crippen molar-refractivity contribution in [2.24, 2.45) is 4.99 Å². The van der Waals surface area contributed by atoms with Gasteiger partial charge in [-0.15, -0.1) is 10.2 Å². The molecule has 0 fully saturated rings. The van der Waals surface area contributed by atoms with Crippen molar-refractivity contribution in [2.75, 3.05) is 7.05 Å².